The van der Waals surface area contributed by atoms with Gasteiger partial charge in [-0.2, -0.15) is 0 Å². The maximum absolute atomic E-state index is 5.51. The van der Waals surface area contributed by atoms with E-state index < -0.39 is 0 Å². The molecule has 0 fully saturated rings. The Morgan fingerprint density at radius 2 is 1.85 bits per heavy atom. The zero-order valence-corrected chi connectivity index (χ0v) is 13.3. The molecule has 1 atom stereocenters. The number of hydrogen-bond acceptors (Lipinski definition) is 3. The highest BCUT2D eigenvalue weighted by atomic mass is 32.1. The molecular formula is C17H23NOS. The molecule has 0 aliphatic heterocycles. The smallest absolute Gasteiger partial charge is 0.119 e. The highest BCUT2D eigenvalue weighted by Crippen LogP contribution is 2.29. The molecule has 0 amide bonds. The Balaban J connectivity index is 2.21. The van der Waals surface area contributed by atoms with Crippen LogP contribution in [0.1, 0.15) is 41.6 Å². The molecule has 108 valence electrons. The number of rotatable bonds is 7. The van der Waals surface area contributed by atoms with Gasteiger partial charge < -0.3 is 10.1 Å². The molecule has 1 aromatic carbocycles. The first-order chi connectivity index (χ1) is 9.74. The van der Waals surface area contributed by atoms with Gasteiger partial charge in [-0.3, -0.25) is 0 Å². The van der Waals surface area contributed by atoms with Crippen molar-refractivity contribution in [2.24, 2.45) is 0 Å². The summed E-state index contributed by atoms with van der Waals surface area (Å²) in [7, 11) is 0. The highest BCUT2D eigenvalue weighted by molar-refractivity contribution is 7.12. The molecule has 1 heterocycles. The summed E-state index contributed by atoms with van der Waals surface area (Å²) in [5.74, 6) is 0.938. The van der Waals surface area contributed by atoms with Gasteiger partial charge in [-0.1, -0.05) is 19.1 Å². The van der Waals surface area contributed by atoms with Crippen molar-refractivity contribution >= 4 is 11.3 Å². The van der Waals surface area contributed by atoms with Gasteiger partial charge in [-0.05, 0) is 56.6 Å². The van der Waals surface area contributed by atoms with Crippen LogP contribution in [0.4, 0.5) is 0 Å². The molecule has 3 heteroatoms. The van der Waals surface area contributed by atoms with Crippen LogP contribution in [-0.2, 0) is 0 Å². The Bertz CT molecular complexity index is 518. The van der Waals surface area contributed by atoms with Crippen molar-refractivity contribution in [1.82, 2.24) is 5.32 Å². The van der Waals surface area contributed by atoms with Crippen molar-refractivity contribution in [3.05, 3.63) is 51.7 Å². The highest BCUT2D eigenvalue weighted by Gasteiger charge is 2.15. The van der Waals surface area contributed by atoms with Crippen LogP contribution in [0.25, 0.3) is 0 Å². The van der Waals surface area contributed by atoms with E-state index in [4.69, 9.17) is 4.74 Å². The first kappa shape index (κ1) is 15.1. The average molecular weight is 289 g/mol. The summed E-state index contributed by atoms with van der Waals surface area (Å²) in [5.41, 5.74) is 1.30. The van der Waals surface area contributed by atoms with Crippen molar-refractivity contribution in [3.63, 3.8) is 0 Å². The third kappa shape index (κ3) is 3.84. The van der Waals surface area contributed by atoms with E-state index in [1.54, 1.807) is 0 Å². The number of thiophene rings is 1. The second-order valence-electron chi connectivity index (χ2n) is 4.84. The summed E-state index contributed by atoms with van der Waals surface area (Å²) >= 11 is 1.86. The first-order valence-electron chi connectivity index (χ1n) is 7.27. The fourth-order valence-electron chi connectivity index (χ4n) is 2.20. The predicted molar refractivity (Wildman–Crippen MR) is 86.8 cm³/mol. The zero-order valence-electron chi connectivity index (χ0n) is 12.5. The van der Waals surface area contributed by atoms with Gasteiger partial charge in [0.2, 0.25) is 0 Å². The lowest BCUT2D eigenvalue weighted by Gasteiger charge is -2.18. The van der Waals surface area contributed by atoms with Gasteiger partial charge in [0.1, 0.15) is 5.75 Å². The average Bonchev–Trinajstić information content (AvgIpc) is 2.88. The van der Waals surface area contributed by atoms with Gasteiger partial charge in [0.25, 0.3) is 0 Å². The van der Waals surface area contributed by atoms with Crippen LogP contribution in [-0.4, -0.2) is 13.2 Å². The summed E-state index contributed by atoms with van der Waals surface area (Å²) in [4.78, 5) is 2.73. The molecule has 2 rings (SSSR count). The van der Waals surface area contributed by atoms with E-state index in [-0.39, 0.29) is 6.04 Å². The fraction of sp³-hybridized carbons (Fsp3) is 0.412. The fourth-order valence-corrected chi connectivity index (χ4v) is 3.18. The summed E-state index contributed by atoms with van der Waals surface area (Å²) < 4.78 is 5.51. The number of benzene rings is 1. The monoisotopic (exact) mass is 289 g/mol. The van der Waals surface area contributed by atoms with Gasteiger partial charge in [0.05, 0.1) is 12.6 Å². The van der Waals surface area contributed by atoms with Gasteiger partial charge in [-0.25, -0.2) is 0 Å². The van der Waals surface area contributed by atoms with Crippen LogP contribution in [0.3, 0.4) is 0 Å². The maximum atomic E-state index is 5.51. The third-order valence-corrected chi connectivity index (χ3v) is 4.23. The summed E-state index contributed by atoms with van der Waals surface area (Å²) in [5, 5.41) is 3.64. The lowest BCUT2D eigenvalue weighted by Crippen LogP contribution is -2.22. The number of hydrogen-bond donors (Lipinski definition) is 1. The van der Waals surface area contributed by atoms with E-state index in [2.05, 4.69) is 55.6 Å². The largest absolute Gasteiger partial charge is 0.494 e. The predicted octanol–water partition coefficient (Wildman–Crippen LogP) is 4.54. The minimum absolute atomic E-state index is 0.282. The quantitative estimate of drug-likeness (QED) is 0.807. The van der Waals surface area contributed by atoms with E-state index in [0.29, 0.717) is 6.61 Å². The SMILES string of the molecule is CCCNC(c1ccc(OCC)cc1)c1ccc(C)s1. The van der Waals surface area contributed by atoms with Crippen LogP contribution in [0.5, 0.6) is 5.75 Å². The van der Waals surface area contributed by atoms with Gasteiger partial charge in [0.15, 0.2) is 0 Å². The molecule has 0 saturated heterocycles. The van der Waals surface area contributed by atoms with Crippen molar-refractivity contribution in [2.45, 2.75) is 33.2 Å². The van der Waals surface area contributed by atoms with Crippen molar-refractivity contribution in [2.75, 3.05) is 13.2 Å². The topological polar surface area (TPSA) is 21.3 Å². The molecule has 1 aromatic heterocycles. The van der Waals surface area contributed by atoms with Crippen LogP contribution >= 0.6 is 11.3 Å². The Morgan fingerprint density at radius 1 is 1.10 bits per heavy atom. The molecule has 20 heavy (non-hydrogen) atoms. The lowest BCUT2D eigenvalue weighted by atomic mass is 10.0. The van der Waals surface area contributed by atoms with Crippen molar-refractivity contribution in [1.29, 1.82) is 0 Å². The van der Waals surface area contributed by atoms with E-state index >= 15 is 0 Å². The second-order valence-corrected chi connectivity index (χ2v) is 6.16. The summed E-state index contributed by atoms with van der Waals surface area (Å²) in [6.45, 7) is 8.09. The Labute approximate surface area is 125 Å². The van der Waals surface area contributed by atoms with E-state index in [1.165, 1.54) is 15.3 Å². The Kier molecular flexibility index (Phi) is 5.62. The van der Waals surface area contributed by atoms with Gasteiger partial charge in [0, 0.05) is 9.75 Å². The molecule has 2 aromatic rings. The second kappa shape index (κ2) is 7.46. The minimum atomic E-state index is 0.282. The number of nitrogens with one attached hydrogen (secondary N) is 1. The van der Waals surface area contributed by atoms with E-state index in [1.807, 2.05) is 18.3 Å². The Morgan fingerprint density at radius 3 is 2.40 bits per heavy atom. The zero-order chi connectivity index (χ0) is 14.4. The normalized spacial score (nSPS) is 12.3. The third-order valence-electron chi connectivity index (χ3n) is 3.17. The van der Waals surface area contributed by atoms with Gasteiger partial charge in [-0.15, -0.1) is 11.3 Å². The molecule has 0 radical (unpaired) electrons. The Hall–Kier alpha value is -1.32. The lowest BCUT2D eigenvalue weighted by molar-refractivity contribution is 0.340. The standard InChI is InChI=1S/C17H23NOS/c1-4-12-18-17(16-11-6-13(3)20-16)14-7-9-15(10-8-14)19-5-2/h6-11,17-18H,4-5,12H2,1-3H3. The van der Waals surface area contributed by atoms with Crippen LogP contribution in [0.2, 0.25) is 0 Å². The molecule has 2 nitrogen and oxygen atoms in total. The van der Waals surface area contributed by atoms with Crippen LogP contribution in [0.15, 0.2) is 36.4 Å². The van der Waals surface area contributed by atoms with E-state index in [9.17, 15) is 0 Å². The molecule has 0 aliphatic rings. The molecule has 1 unspecified atom stereocenters. The van der Waals surface area contributed by atoms with Crippen LogP contribution < -0.4 is 10.1 Å². The molecule has 0 bridgehead atoms. The van der Waals surface area contributed by atoms with E-state index in [0.717, 1.165) is 18.7 Å². The van der Waals surface area contributed by atoms with Crippen molar-refractivity contribution < 1.29 is 4.74 Å². The molecule has 1 N–H and O–H groups in total. The molecule has 0 saturated carbocycles. The molecule has 0 aliphatic carbocycles. The summed E-state index contributed by atoms with van der Waals surface area (Å²) in [6.07, 6.45) is 1.14. The maximum Gasteiger partial charge on any atom is 0.119 e. The molecule has 0 spiro atoms. The summed E-state index contributed by atoms with van der Waals surface area (Å²) in [6, 6.07) is 13.1. The van der Waals surface area contributed by atoms with Crippen molar-refractivity contribution in [3.8, 4) is 5.75 Å². The van der Waals surface area contributed by atoms with Crippen LogP contribution in [0, 0.1) is 6.92 Å². The first-order valence-corrected chi connectivity index (χ1v) is 8.08. The molecular weight excluding hydrogens is 266 g/mol. The number of aryl methyl sites for hydroxylation is 1. The number of ether oxygens (including phenoxy) is 1. The van der Waals surface area contributed by atoms with Gasteiger partial charge >= 0.3 is 0 Å². The minimum Gasteiger partial charge on any atom is -0.494 e.